The van der Waals surface area contributed by atoms with Crippen LogP contribution in [0.1, 0.15) is 32.1 Å². The molecule has 1 N–H and O–H groups in total. The van der Waals surface area contributed by atoms with Crippen LogP contribution in [0.4, 0.5) is 0 Å². The average molecular weight is 299 g/mol. The van der Waals surface area contributed by atoms with Crippen molar-refractivity contribution in [2.75, 3.05) is 6.54 Å². The molecule has 0 aromatic carbocycles. The van der Waals surface area contributed by atoms with Gasteiger partial charge in [0.2, 0.25) is 5.91 Å². The van der Waals surface area contributed by atoms with Crippen LogP contribution in [0.25, 0.3) is 0 Å². The zero-order chi connectivity index (χ0) is 9.03. The molecule has 0 aromatic rings. The third-order valence-electron chi connectivity index (χ3n) is 2.04. The first kappa shape index (κ1) is 10.5. The third-order valence-corrected chi connectivity index (χ3v) is 3.55. The normalized spacial score (nSPS) is 25.0. The van der Waals surface area contributed by atoms with Crippen LogP contribution < -0.4 is 5.32 Å². The Morgan fingerprint density at radius 3 is 2.58 bits per heavy atom. The summed E-state index contributed by atoms with van der Waals surface area (Å²) in [5.74, 6) is 0.0596. The quantitative estimate of drug-likeness (QED) is 0.684. The number of nitrogens with one attached hydrogen (secondary N) is 1. The Hall–Kier alpha value is 0.430. The summed E-state index contributed by atoms with van der Waals surface area (Å²) in [5.41, 5.74) is 0. The fraction of sp³-hybridized carbons (Fsp3) is 0.875. The summed E-state index contributed by atoms with van der Waals surface area (Å²) >= 11 is 6.76. The fourth-order valence-electron chi connectivity index (χ4n) is 1.27. The molecule has 0 radical (unpaired) electrons. The van der Waals surface area contributed by atoms with E-state index in [9.17, 15) is 4.79 Å². The van der Waals surface area contributed by atoms with Crippen LogP contribution in [0.2, 0.25) is 0 Å². The van der Waals surface area contributed by atoms with Crippen molar-refractivity contribution >= 4 is 37.8 Å². The maximum absolute atomic E-state index is 11.4. The molecule has 0 atom stereocenters. The highest BCUT2D eigenvalue weighted by Crippen LogP contribution is 2.33. The summed E-state index contributed by atoms with van der Waals surface area (Å²) in [6.07, 6.45) is 5.49. The Balaban J connectivity index is 2.53. The number of amides is 1. The first-order valence-corrected chi connectivity index (χ1v) is 5.88. The van der Waals surface area contributed by atoms with Crippen LogP contribution in [0, 0.1) is 0 Å². The molecule has 1 saturated heterocycles. The number of alkyl halides is 2. The minimum absolute atomic E-state index is 0.0596. The van der Waals surface area contributed by atoms with Crippen molar-refractivity contribution < 1.29 is 4.79 Å². The molecule has 1 heterocycles. The van der Waals surface area contributed by atoms with E-state index in [-0.39, 0.29) is 5.91 Å². The molecule has 1 fully saturated rings. The predicted octanol–water partition coefficient (Wildman–Crippen LogP) is 2.55. The van der Waals surface area contributed by atoms with Gasteiger partial charge in [0.05, 0.1) is 0 Å². The lowest BCUT2D eigenvalue weighted by Crippen LogP contribution is -2.37. The lowest BCUT2D eigenvalue weighted by molar-refractivity contribution is -0.121. The highest BCUT2D eigenvalue weighted by Gasteiger charge is 2.31. The molecule has 0 spiro atoms. The van der Waals surface area contributed by atoms with E-state index in [2.05, 4.69) is 37.2 Å². The van der Waals surface area contributed by atoms with E-state index in [1.165, 1.54) is 12.8 Å². The number of carbonyl (C=O) groups excluding carboxylic acids is 1. The van der Waals surface area contributed by atoms with Crippen molar-refractivity contribution in [2.45, 2.75) is 35.3 Å². The Morgan fingerprint density at radius 1 is 1.17 bits per heavy atom. The van der Waals surface area contributed by atoms with E-state index in [1.807, 2.05) is 0 Å². The topological polar surface area (TPSA) is 29.1 Å². The van der Waals surface area contributed by atoms with Gasteiger partial charge in [0, 0.05) is 6.54 Å². The van der Waals surface area contributed by atoms with Crippen molar-refractivity contribution in [2.24, 2.45) is 0 Å². The Morgan fingerprint density at radius 2 is 1.83 bits per heavy atom. The maximum atomic E-state index is 11.4. The van der Waals surface area contributed by atoms with Gasteiger partial charge in [0.1, 0.15) is 0 Å². The van der Waals surface area contributed by atoms with Crippen molar-refractivity contribution in [1.82, 2.24) is 5.32 Å². The number of hydrogen-bond donors (Lipinski definition) is 1. The van der Waals surface area contributed by atoms with Gasteiger partial charge in [-0.15, -0.1) is 0 Å². The molecule has 1 aliphatic heterocycles. The molecule has 0 saturated carbocycles. The SMILES string of the molecule is O=C1NCCCCCCC1(Br)Br. The molecule has 1 rings (SSSR count). The van der Waals surface area contributed by atoms with Gasteiger partial charge >= 0.3 is 0 Å². The van der Waals surface area contributed by atoms with Gasteiger partial charge in [-0.05, 0) is 12.8 Å². The zero-order valence-corrected chi connectivity index (χ0v) is 10.1. The first-order chi connectivity index (χ1) is 5.63. The van der Waals surface area contributed by atoms with Crippen LogP contribution in [0.5, 0.6) is 0 Å². The van der Waals surface area contributed by atoms with Gasteiger partial charge in [-0.25, -0.2) is 0 Å². The first-order valence-electron chi connectivity index (χ1n) is 4.29. The van der Waals surface area contributed by atoms with Crippen molar-refractivity contribution in [1.29, 1.82) is 0 Å². The van der Waals surface area contributed by atoms with E-state index in [1.54, 1.807) is 0 Å². The zero-order valence-electron chi connectivity index (χ0n) is 6.91. The highest BCUT2D eigenvalue weighted by molar-refractivity contribution is 9.25. The minimum Gasteiger partial charge on any atom is -0.354 e. The van der Waals surface area contributed by atoms with Crippen LogP contribution >= 0.6 is 31.9 Å². The average Bonchev–Trinajstić information content (AvgIpc) is 2.06. The number of halogens is 2. The largest absolute Gasteiger partial charge is 0.354 e. The van der Waals surface area contributed by atoms with E-state index in [4.69, 9.17) is 0 Å². The molecule has 0 aliphatic carbocycles. The lowest BCUT2D eigenvalue weighted by Gasteiger charge is -2.17. The van der Waals surface area contributed by atoms with Gasteiger partial charge in [-0.1, -0.05) is 51.1 Å². The van der Waals surface area contributed by atoms with E-state index in [0.717, 1.165) is 25.8 Å². The van der Waals surface area contributed by atoms with Crippen molar-refractivity contribution in [3.05, 3.63) is 0 Å². The molecule has 0 unspecified atom stereocenters. The number of rotatable bonds is 0. The molecule has 0 bridgehead atoms. The lowest BCUT2D eigenvalue weighted by atomic mass is 10.1. The van der Waals surface area contributed by atoms with Crippen LogP contribution in [-0.2, 0) is 4.79 Å². The van der Waals surface area contributed by atoms with E-state index < -0.39 is 3.23 Å². The summed E-state index contributed by atoms with van der Waals surface area (Å²) in [6, 6.07) is 0. The molecule has 2 nitrogen and oxygen atoms in total. The smallest absolute Gasteiger partial charge is 0.247 e. The Labute approximate surface area is 89.7 Å². The molecule has 0 aromatic heterocycles. The van der Waals surface area contributed by atoms with Crippen LogP contribution in [0.15, 0.2) is 0 Å². The second-order valence-electron chi connectivity index (χ2n) is 3.12. The van der Waals surface area contributed by atoms with E-state index in [0.29, 0.717) is 0 Å². The van der Waals surface area contributed by atoms with E-state index >= 15 is 0 Å². The standard InChI is InChI=1S/C8H13Br2NO/c9-8(10)5-3-1-2-4-6-11-7(8)12/h1-6H2,(H,11,12). The van der Waals surface area contributed by atoms with Crippen LogP contribution in [-0.4, -0.2) is 15.7 Å². The van der Waals surface area contributed by atoms with Crippen LogP contribution in [0.3, 0.4) is 0 Å². The molecule has 70 valence electrons. The molecule has 1 aliphatic rings. The monoisotopic (exact) mass is 297 g/mol. The van der Waals surface area contributed by atoms with Gasteiger partial charge in [-0.2, -0.15) is 0 Å². The van der Waals surface area contributed by atoms with Gasteiger partial charge in [0.25, 0.3) is 0 Å². The maximum Gasteiger partial charge on any atom is 0.247 e. The molecule has 1 amide bonds. The van der Waals surface area contributed by atoms with Crippen molar-refractivity contribution in [3.63, 3.8) is 0 Å². The summed E-state index contributed by atoms with van der Waals surface area (Å²) in [4.78, 5) is 11.4. The molecular formula is C8H13Br2NO. The van der Waals surface area contributed by atoms with Gasteiger partial charge < -0.3 is 5.32 Å². The van der Waals surface area contributed by atoms with Crippen molar-refractivity contribution in [3.8, 4) is 0 Å². The predicted molar refractivity (Wildman–Crippen MR) is 56.7 cm³/mol. The molecular weight excluding hydrogens is 286 g/mol. The fourth-order valence-corrected chi connectivity index (χ4v) is 2.11. The number of carbonyl (C=O) groups is 1. The second-order valence-corrected chi connectivity index (χ2v) is 6.90. The number of hydrogen-bond acceptors (Lipinski definition) is 1. The van der Waals surface area contributed by atoms with Gasteiger partial charge in [0.15, 0.2) is 3.23 Å². The molecule has 4 heteroatoms. The Bertz CT molecular complexity index is 170. The van der Waals surface area contributed by atoms with Gasteiger partial charge in [-0.3, -0.25) is 4.79 Å². The Kier molecular flexibility index (Phi) is 4.03. The second kappa shape index (κ2) is 4.61. The summed E-state index contributed by atoms with van der Waals surface area (Å²) in [7, 11) is 0. The summed E-state index contributed by atoms with van der Waals surface area (Å²) in [5, 5.41) is 2.88. The summed E-state index contributed by atoms with van der Waals surface area (Å²) in [6.45, 7) is 0.803. The molecule has 12 heavy (non-hydrogen) atoms. The summed E-state index contributed by atoms with van der Waals surface area (Å²) < 4.78 is -0.523. The highest BCUT2D eigenvalue weighted by atomic mass is 79.9. The minimum atomic E-state index is -0.523. The third kappa shape index (κ3) is 3.05.